The van der Waals surface area contributed by atoms with Crippen LogP contribution in [-0.4, -0.2) is 34.2 Å². The maximum absolute atomic E-state index is 11.2. The normalized spacial score (nSPS) is 10.4. The lowest BCUT2D eigenvalue weighted by molar-refractivity contribution is -0.143. The zero-order valence-corrected chi connectivity index (χ0v) is 12.0. The molecule has 0 amide bonds. The number of esters is 1. The van der Waals surface area contributed by atoms with E-state index in [0.29, 0.717) is 38.2 Å². The van der Waals surface area contributed by atoms with E-state index in [0.717, 1.165) is 10.8 Å². The molecule has 2 aromatic heterocycles. The molecule has 1 N–H and O–H groups in total. The molecule has 0 aromatic carbocycles. The average molecular weight is 296 g/mol. The van der Waals surface area contributed by atoms with Crippen LogP contribution in [0.5, 0.6) is 0 Å². The highest BCUT2D eigenvalue weighted by Crippen LogP contribution is 2.16. The van der Waals surface area contributed by atoms with Crippen LogP contribution in [0.25, 0.3) is 0 Å². The van der Waals surface area contributed by atoms with Gasteiger partial charge in [-0.3, -0.25) is 4.79 Å². The van der Waals surface area contributed by atoms with E-state index in [4.69, 9.17) is 4.74 Å². The Morgan fingerprint density at radius 1 is 1.50 bits per heavy atom. The number of nitrogens with one attached hydrogen (secondary N) is 1. The molecule has 0 unspecified atom stereocenters. The maximum Gasteiger partial charge on any atom is 0.306 e. The number of nitrogens with zero attached hydrogens (tertiary/aromatic N) is 3. The summed E-state index contributed by atoms with van der Waals surface area (Å²) in [5.41, 5.74) is 0.894. The van der Waals surface area contributed by atoms with Crippen LogP contribution in [0.3, 0.4) is 0 Å². The molecule has 0 atom stereocenters. The van der Waals surface area contributed by atoms with Crippen LogP contribution in [0, 0.1) is 0 Å². The average Bonchev–Trinajstić information content (AvgIpc) is 3.08. The number of hydrogen-bond donors (Lipinski definition) is 1. The Hall–Kier alpha value is -1.96. The van der Waals surface area contributed by atoms with Crippen LogP contribution in [0.4, 0.5) is 5.13 Å². The zero-order valence-electron chi connectivity index (χ0n) is 11.2. The van der Waals surface area contributed by atoms with Crippen molar-refractivity contribution in [1.29, 1.82) is 0 Å². The Bertz CT molecular complexity index is 527. The fourth-order valence-corrected chi connectivity index (χ4v) is 2.32. The molecule has 2 rings (SSSR count). The molecule has 20 heavy (non-hydrogen) atoms. The van der Waals surface area contributed by atoms with Gasteiger partial charge in [0.2, 0.25) is 6.39 Å². The van der Waals surface area contributed by atoms with Crippen molar-refractivity contribution < 1.29 is 14.1 Å². The van der Waals surface area contributed by atoms with Crippen molar-refractivity contribution in [3.05, 3.63) is 23.3 Å². The number of aromatic nitrogens is 3. The van der Waals surface area contributed by atoms with Gasteiger partial charge in [-0.2, -0.15) is 4.98 Å². The van der Waals surface area contributed by atoms with E-state index in [9.17, 15) is 4.79 Å². The number of ether oxygens (including phenoxy) is 1. The SMILES string of the molecule is CCOC(=O)CCc1csc(NCCc2ncon2)n1. The molecule has 2 heterocycles. The van der Waals surface area contributed by atoms with Crippen LogP contribution in [0.2, 0.25) is 0 Å². The summed E-state index contributed by atoms with van der Waals surface area (Å²) >= 11 is 1.51. The lowest BCUT2D eigenvalue weighted by atomic mass is 10.2. The van der Waals surface area contributed by atoms with E-state index in [-0.39, 0.29) is 5.97 Å². The lowest BCUT2D eigenvalue weighted by Gasteiger charge is -2.00. The van der Waals surface area contributed by atoms with Gasteiger partial charge in [-0.05, 0) is 6.92 Å². The Labute approximate surface area is 120 Å². The number of thiazole rings is 1. The van der Waals surface area contributed by atoms with Crippen LogP contribution < -0.4 is 5.32 Å². The minimum Gasteiger partial charge on any atom is -0.466 e. The first-order valence-corrected chi connectivity index (χ1v) is 7.25. The number of carbonyl (C=O) groups excluding carboxylic acids is 1. The van der Waals surface area contributed by atoms with E-state index in [1.54, 1.807) is 6.92 Å². The monoisotopic (exact) mass is 296 g/mol. The van der Waals surface area contributed by atoms with E-state index in [2.05, 4.69) is 25.0 Å². The Balaban J connectivity index is 1.70. The summed E-state index contributed by atoms with van der Waals surface area (Å²) < 4.78 is 9.52. The fourth-order valence-electron chi connectivity index (χ4n) is 1.55. The minimum atomic E-state index is -0.188. The van der Waals surface area contributed by atoms with Crippen molar-refractivity contribution in [2.75, 3.05) is 18.5 Å². The highest BCUT2D eigenvalue weighted by atomic mass is 32.1. The molecule has 0 radical (unpaired) electrons. The van der Waals surface area contributed by atoms with Crippen molar-refractivity contribution in [1.82, 2.24) is 15.1 Å². The summed E-state index contributed by atoms with van der Waals surface area (Å²) in [7, 11) is 0. The first kappa shape index (κ1) is 14.4. The predicted octanol–water partition coefficient (Wildman–Crippen LogP) is 1.68. The van der Waals surface area contributed by atoms with Gasteiger partial charge >= 0.3 is 5.97 Å². The molecule has 2 aromatic rings. The molecule has 0 saturated carbocycles. The molecule has 0 saturated heterocycles. The standard InChI is InChI=1S/C12H16N4O3S/c1-2-18-11(17)4-3-9-7-20-12(15-9)13-6-5-10-14-8-19-16-10/h7-8H,2-6H2,1H3,(H,13,15). The van der Waals surface area contributed by atoms with Gasteiger partial charge in [-0.25, -0.2) is 4.98 Å². The van der Waals surface area contributed by atoms with Crippen molar-refractivity contribution in [3.63, 3.8) is 0 Å². The summed E-state index contributed by atoms with van der Waals surface area (Å²) in [4.78, 5) is 19.6. The smallest absolute Gasteiger partial charge is 0.306 e. The third-order valence-electron chi connectivity index (χ3n) is 2.47. The van der Waals surface area contributed by atoms with Gasteiger partial charge in [-0.15, -0.1) is 11.3 Å². The summed E-state index contributed by atoms with van der Waals surface area (Å²) in [5, 5.41) is 9.68. The Morgan fingerprint density at radius 2 is 2.40 bits per heavy atom. The van der Waals surface area contributed by atoms with Crippen LogP contribution in [0.15, 0.2) is 16.3 Å². The van der Waals surface area contributed by atoms with Crippen LogP contribution in [-0.2, 0) is 22.4 Å². The van der Waals surface area contributed by atoms with Gasteiger partial charge in [-0.1, -0.05) is 5.16 Å². The van der Waals surface area contributed by atoms with E-state index in [1.807, 2.05) is 5.38 Å². The number of hydrogen-bond acceptors (Lipinski definition) is 8. The third-order valence-corrected chi connectivity index (χ3v) is 3.32. The third kappa shape index (κ3) is 4.61. The highest BCUT2D eigenvalue weighted by Gasteiger charge is 2.06. The number of aryl methyl sites for hydroxylation is 1. The molecule has 8 heteroatoms. The van der Waals surface area contributed by atoms with E-state index >= 15 is 0 Å². The molecule has 0 spiro atoms. The molecular weight excluding hydrogens is 280 g/mol. The number of rotatable bonds is 8. The molecule has 7 nitrogen and oxygen atoms in total. The summed E-state index contributed by atoms with van der Waals surface area (Å²) in [6, 6.07) is 0. The van der Waals surface area contributed by atoms with Crippen molar-refractivity contribution in [2.45, 2.75) is 26.2 Å². The molecule has 0 aliphatic heterocycles. The zero-order chi connectivity index (χ0) is 14.2. The Kier molecular flexibility index (Phi) is 5.48. The topological polar surface area (TPSA) is 90.1 Å². The van der Waals surface area contributed by atoms with Gasteiger partial charge in [0.1, 0.15) is 0 Å². The summed E-state index contributed by atoms with van der Waals surface area (Å²) in [6.45, 7) is 2.90. The second-order valence-corrected chi connectivity index (χ2v) is 4.83. The van der Waals surface area contributed by atoms with Crippen molar-refractivity contribution in [3.8, 4) is 0 Å². The Morgan fingerprint density at radius 3 is 3.15 bits per heavy atom. The molecule has 0 aliphatic rings. The van der Waals surface area contributed by atoms with Gasteiger partial charge in [0.15, 0.2) is 11.0 Å². The largest absolute Gasteiger partial charge is 0.466 e. The first-order chi connectivity index (χ1) is 9.78. The van der Waals surface area contributed by atoms with Gasteiger partial charge in [0.25, 0.3) is 0 Å². The first-order valence-electron chi connectivity index (χ1n) is 6.37. The number of carbonyl (C=O) groups is 1. The van der Waals surface area contributed by atoms with Gasteiger partial charge in [0.05, 0.1) is 18.7 Å². The second kappa shape index (κ2) is 7.59. The quantitative estimate of drug-likeness (QED) is 0.741. The summed E-state index contributed by atoms with van der Waals surface area (Å²) in [6.07, 6.45) is 2.95. The van der Waals surface area contributed by atoms with Crippen molar-refractivity contribution in [2.24, 2.45) is 0 Å². The molecule has 0 aliphatic carbocycles. The minimum absolute atomic E-state index is 0.188. The molecule has 108 valence electrons. The fraction of sp³-hybridized carbons (Fsp3) is 0.500. The van der Waals surface area contributed by atoms with Crippen LogP contribution in [0.1, 0.15) is 24.9 Å². The summed E-state index contributed by atoms with van der Waals surface area (Å²) in [5.74, 6) is 0.476. The van der Waals surface area contributed by atoms with Gasteiger partial charge in [0, 0.05) is 24.8 Å². The van der Waals surface area contributed by atoms with E-state index in [1.165, 1.54) is 17.7 Å². The molecular formula is C12H16N4O3S. The van der Waals surface area contributed by atoms with Gasteiger partial charge < -0.3 is 14.6 Å². The maximum atomic E-state index is 11.2. The van der Waals surface area contributed by atoms with Crippen molar-refractivity contribution >= 4 is 22.4 Å². The number of anilines is 1. The molecule has 0 bridgehead atoms. The molecule has 0 fully saturated rings. The lowest BCUT2D eigenvalue weighted by Crippen LogP contribution is -2.06. The van der Waals surface area contributed by atoms with Crippen LogP contribution >= 0.6 is 11.3 Å². The highest BCUT2D eigenvalue weighted by molar-refractivity contribution is 7.13. The van der Waals surface area contributed by atoms with E-state index < -0.39 is 0 Å². The second-order valence-electron chi connectivity index (χ2n) is 3.97. The predicted molar refractivity (Wildman–Crippen MR) is 73.6 cm³/mol.